The van der Waals surface area contributed by atoms with Crippen LogP contribution in [0.15, 0.2) is 11.6 Å². The van der Waals surface area contributed by atoms with E-state index < -0.39 is 0 Å². The van der Waals surface area contributed by atoms with Crippen LogP contribution in [-0.4, -0.2) is 18.4 Å². The summed E-state index contributed by atoms with van der Waals surface area (Å²) in [5, 5.41) is 0. The van der Waals surface area contributed by atoms with Gasteiger partial charge in [0.25, 0.3) is 0 Å². The van der Waals surface area contributed by atoms with Crippen molar-refractivity contribution in [3.63, 3.8) is 0 Å². The maximum atomic E-state index is 11.8. The van der Waals surface area contributed by atoms with Crippen molar-refractivity contribution < 1.29 is 14.3 Å². The second-order valence-corrected chi connectivity index (χ2v) is 4.60. The van der Waals surface area contributed by atoms with E-state index >= 15 is 0 Å². The predicted octanol–water partition coefficient (Wildman–Crippen LogP) is 2.26. The molecule has 2 aliphatic carbocycles. The Morgan fingerprint density at radius 3 is 3.06 bits per heavy atom. The van der Waals surface area contributed by atoms with Crippen molar-refractivity contribution in [3.05, 3.63) is 11.6 Å². The number of rotatable bonds is 2. The summed E-state index contributed by atoms with van der Waals surface area (Å²) in [4.78, 5) is 23.3. The molecule has 3 nitrogen and oxygen atoms in total. The Morgan fingerprint density at radius 2 is 2.31 bits per heavy atom. The molecule has 2 aliphatic rings. The van der Waals surface area contributed by atoms with Crippen LogP contribution in [0, 0.1) is 11.8 Å². The SMILES string of the molecule is CCOC(=O)[C@H]1CC(=O)C=C2CCCC[C@H]21. The summed E-state index contributed by atoms with van der Waals surface area (Å²) >= 11 is 0. The number of allylic oxidation sites excluding steroid dienone is 2. The quantitative estimate of drug-likeness (QED) is 0.673. The minimum absolute atomic E-state index is 0.0891. The van der Waals surface area contributed by atoms with Gasteiger partial charge in [-0.1, -0.05) is 12.0 Å². The predicted molar refractivity (Wildman–Crippen MR) is 59.8 cm³/mol. The number of ether oxygens (including phenoxy) is 1. The topological polar surface area (TPSA) is 43.4 Å². The number of hydrogen-bond donors (Lipinski definition) is 0. The number of esters is 1. The minimum Gasteiger partial charge on any atom is -0.466 e. The molecular weight excluding hydrogens is 204 g/mol. The van der Waals surface area contributed by atoms with E-state index in [1.165, 1.54) is 5.57 Å². The monoisotopic (exact) mass is 222 g/mol. The lowest BCUT2D eigenvalue weighted by atomic mass is 9.71. The van der Waals surface area contributed by atoms with E-state index in [1.54, 1.807) is 13.0 Å². The third-order valence-corrected chi connectivity index (χ3v) is 3.55. The van der Waals surface area contributed by atoms with Crippen LogP contribution in [0.3, 0.4) is 0 Å². The first-order valence-electron chi connectivity index (χ1n) is 6.12. The van der Waals surface area contributed by atoms with Crippen LogP contribution in [0.5, 0.6) is 0 Å². The second kappa shape index (κ2) is 4.81. The molecule has 0 aromatic heterocycles. The van der Waals surface area contributed by atoms with Gasteiger partial charge in [0.1, 0.15) is 0 Å². The van der Waals surface area contributed by atoms with Crippen molar-refractivity contribution in [2.24, 2.45) is 11.8 Å². The third kappa shape index (κ3) is 2.18. The smallest absolute Gasteiger partial charge is 0.309 e. The summed E-state index contributed by atoms with van der Waals surface area (Å²) in [7, 11) is 0. The average Bonchev–Trinajstić information content (AvgIpc) is 2.28. The van der Waals surface area contributed by atoms with Crippen molar-refractivity contribution in [3.8, 4) is 0 Å². The van der Waals surface area contributed by atoms with Crippen LogP contribution in [0.2, 0.25) is 0 Å². The van der Waals surface area contributed by atoms with Crippen molar-refractivity contribution >= 4 is 11.8 Å². The van der Waals surface area contributed by atoms with Gasteiger partial charge in [-0.05, 0) is 38.2 Å². The Kier molecular flexibility index (Phi) is 3.42. The van der Waals surface area contributed by atoms with Crippen LogP contribution >= 0.6 is 0 Å². The van der Waals surface area contributed by atoms with E-state index in [0.717, 1.165) is 25.7 Å². The summed E-state index contributed by atoms with van der Waals surface area (Å²) in [6.07, 6.45) is 6.42. The minimum atomic E-state index is -0.215. The highest BCUT2D eigenvalue weighted by molar-refractivity contribution is 5.95. The number of ketones is 1. The fourth-order valence-corrected chi connectivity index (χ4v) is 2.82. The van der Waals surface area contributed by atoms with E-state index in [9.17, 15) is 9.59 Å². The summed E-state index contributed by atoms with van der Waals surface area (Å²) in [6, 6.07) is 0. The Hall–Kier alpha value is -1.12. The standard InChI is InChI=1S/C13H18O3/c1-2-16-13(15)12-8-10(14)7-9-5-3-4-6-11(9)12/h7,11-12H,2-6,8H2,1H3/t11-,12+/m1/s1. The maximum Gasteiger partial charge on any atom is 0.309 e. The number of carbonyl (C=O) groups excluding carboxylic acids is 2. The average molecular weight is 222 g/mol. The fourth-order valence-electron chi connectivity index (χ4n) is 2.82. The van der Waals surface area contributed by atoms with Crippen LogP contribution in [0.4, 0.5) is 0 Å². The first-order valence-corrected chi connectivity index (χ1v) is 6.12. The van der Waals surface area contributed by atoms with Crippen LogP contribution < -0.4 is 0 Å². The van der Waals surface area contributed by atoms with Gasteiger partial charge in [-0.2, -0.15) is 0 Å². The molecule has 88 valence electrons. The van der Waals surface area contributed by atoms with Gasteiger partial charge in [0, 0.05) is 6.42 Å². The maximum absolute atomic E-state index is 11.8. The Balaban J connectivity index is 2.16. The zero-order valence-corrected chi connectivity index (χ0v) is 9.70. The zero-order chi connectivity index (χ0) is 11.5. The lowest BCUT2D eigenvalue weighted by Gasteiger charge is -2.33. The van der Waals surface area contributed by atoms with Crippen molar-refractivity contribution in [1.82, 2.24) is 0 Å². The summed E-state index contributed by atoms with van der Waals surface area (Å²) in [5.41, 5.74) is 1.18. The molecule has 1 fully saturated rings. The molecule has 0 heterocycles. The van der Waals surface area contributed by atoms with Gasteiger partial charge in [-0.3, -0.25) is 9.59 Å². The van der Waals surface area contributed by atoms with Gasteiger partial charge in [0.05, 0.1) is 12.5 Å². The summed E-state index contributed by atoms with van der Waals surface area (Å²) < 4.78 is 5.06. The van der Waals surface area contributed by atoms with Crippen LogP contribution in [0.1, 0.15) is 39.0 Å². The highest BCUT2D eigenvalue weighted by Gasteiger charge is 2.37. The molecule has 3 heteroatoms. The van der Waals surface area contributed by atoms with Gasteiger partial charge in [-0.25, -0.2) is 0 Å². The molecule has 2 atom stereocenters. The molecule has 0 unspecified atom stereocenters. The molecule has 1 saturated carbocycles. The van der Waals surface area contributed by atoms with Crippen LogP contribution in [-0.2, 0) is 14.3 Å². The van der Waals surface area contributed by atoms with E-state index in [-0.39, 0.29) is 23.6 Å². The molecule has 0 saturated heterocycles. The molecule has 0 N–H and O–H groups in total. The lowest BCUT2D eigenvalue weighted by Crippen LogP contribution is -2.34. The molecular formula is C13H18O3. The molecule has 0 aliphatic heterocycles. The first-order chi connectivity index (χ1) is 7.72. The van der Waals surface area contributed by atoms with E-state index in [0.29, 0.717) is 13.0 Å². The number of fused-ring (bicyclic) bond motifs is 1. The van der Waals surface area contributed by atoms with Gasteiger partial charge in [0.15, 0.2) is 5.78 Å². The number of carbonyl (C=O) groups is 2. The Morgan fingerprint density at radius 1 is 1.50 bits per heavy atom. The third-order valence-electron chi connectivity index (χ3n) is 3.55. The normalized spacial score (nSPS) is 29.3. The number of hydrogen-bond acceptors (Lipinski definition) is 3. The molecule has 2 rings (SSSR count). The molecule has 0 radical (unpaired) electrons. The van der Waals surface area contributed by atoms with E-state index in [2.05, 4.69) is 0 Å². The molecule has 0 amide bonds. The molecule has 16 heavy (non-hydrogen) atoms. The van der Waals surface area contributed by atoms with Crippen molar-refractivity contribution in [1.29, 1.82) is 0 Å². The fraction of sp³-hybridized carbons (Fsp3) is 0.692. The van der Waals surface area contributed by atoms with E-state index in [1.807, 2.05) is 0 Å². The molecule has 0 bridgehead atoms. The summed E-state index contributed by atoms with van der Waals surface area (Å²) in [5.74, 6) is -0.0437. The lowest BCUT2D eigenvalue weighted by molar-refractivity contribution is -0.151. The molecule has 0 aromatic carbocycles. The molecule has 0 aromatic rings. The van der Waals surface area contributed by atoms with Gasteiger partial charge in [-0.15, -0.1) is 0 Å². The van der Waals surface area contributed by atoms with Crippen molar-refractivity contribution in [2.45, 2.75) is 39.0 Å². The Bertz CT molecular complexity index is 330. The van der Waals surface area contributed by atoms with E-state index in [4.69, 9.17) is 4.74 Å². The van der Waals surface area contributed by atoms with Crippen LogP contribution in [0.25, 0.3) is 0 Å². The van der Waals surface area contributed by atoms with Gasteiger partial charge < -0.3 is 4.74 Å². The Labute approximate surface area is 95.9 Å². The zero-order valence-electron chi connectivity index (χ0n) is 9.70. The largest absolute Gasteiger partial charge is 0.466 e. The summed E-state index contributed by atoms with van der Waals surface area (Å²) in [6.45, 7) is 2.20. The van der Waals surface area contributed by atoms with Gasteiger partial charge >= 0.3 is 5.97 Å². The van der Waals surface area contributed by atoms with Gasteiger partial charge in [0.2, 0.25) is 0 Å². The highest BCUT2D eigenvalue weighted by atomic mass is 16.5. The molecule has 0 spiro atoms. The first kappa shape index (κ1) is 11.4. The highest BCUT2D eigenvalue weighted by Crippen LogP contribution is 2.39. The second-order valence-electron chi connectivity index (χ2n) is 4.60. The van der Waals surface area contributed by atoms with Crippen molar-refractivity contribution in [2.75, 3.05) is 6.61 Å².